The Balaban J connectivity index is 2.53. The minimum atomic E-state index is 0.196. The van der Waals surface area contributed by atoms with Gasteiger partial charge in [0.05, 0.1) is 7.11 Å². The summed E-state index contributed by atoms with van der Waals surface area (Å²) in [5.41, 5.74) is 7.54. The van der Waals surface area contributed by atoms with Gasteiger partial charge in [-0.1, -0.05) is 13.8 Å². The van der Waals surface area contributed by atoms with Crippen molar-refractivity contribution in [2.75, 3.05) is 12.4 Å². The lowest BCUT2D eigenvalue weighted by molar-refractivity contribution is 0.418. The highest BCUT2D eigenvalue weighted by molar-refractivity contribution is 7.80. The molecule has 19 heavy (non-hydrogen) atoms. The van der Waals surface area contributed by atoms with Crippen molar-refractivity contribution < 1.29 is 4.74 Å². The fourth-order valence-corrected chi connectivity index (χ4v) is 2.21. The Morgan fingerprint density at radius 1 is 1.53 bits per heavy atom. The maximum absolute atomic E-state index is 5.50. The van der Waals surface area contributed by atoms with Gasteiger partial charge < -0.3 is 15.8 Å². The lowest BCUT2D eigenvalue weighted by atomic mass is 10.0. The van der Waals surface area contributed by atoms with Crippen LogP contribution in [-0.2, 0) is 6.42 Å². The maximum Gasteiger partial charge on any atom is 0.169 e. The van der Waals surface area contributed by atoms with Crippen LogP contribution < -0.4 is 15.8 Å². The average Bonchev–Trinajstić information content (AvgIpc) is 2.70. The number of ether oxygens (including phenoxy) is 1. The number of aromatic nitrogens is 2. The number of H-pyrrole nitrogens is 1. The van der Waals surface area contributed by atoms with Crippen LogP contribution in [0.4, 0.5) is 5.82 Å². The molecule has 0 spiro atoms. The molecule has 1 aromatic carbocycles. The number of methoxy groups -OCH3 is 1. The summed E-state index contributed by atoms with van der Waals surface area (Å²) < 4.78 is 5.40. The number of nitrogens with two attached hydrogens (primary N) is 1. The number of nitrogens with zero attached hydrogens (tertiary/aromatic N) is 1. The van der Waals surface area contributed by atoms with Crippen molar-refractivity contribution in [2.45, 2.75) is 20.3 Å². The second kappa shape index (κ2) is 5.44. The monoisotopic (exact) mass is 278 g/mol. The molecule has 0 bridgehead atoms. The molecular formula is C13H18N4OS. The number of aromatic amines is 1. The summed E-state index contributed by atoms with van der Waals surface area (Å²) in [6, 6.07) is 4.12. The zero-order valence-corrected chi connectivity index (χ0v) is 12.1. The van der Waals surface area contributed by atoms with Crippen molar-refractivity contribution in [3.63, 3.8) is 0 Å². The molecule has 0 aliphatic heterocycles. The number of anilines is 1. The molecular weight excluding hydrogens is 260 g/mol. The van der Waals surface area contributed by atoms with Crippen molar-refractivity contribution in [1.29, 1.82) is 0 Å². The third-order valence-corrected chi connectivity index (χ3v) is 2.90. The van der Waals surface area contributed by atoms with Gasteiger partial charge in [0.25, 0.3) is 0 Å². The third-order valence-electron chi connectivity index (χ3n) is 2.80. The van der Waals surface area contributed by atoms with Crippen molar-refractivity contribution in [2.24, 2.45) is 11.7 Å². The van der Waals surface area contributed by atoms with E-state index in [4.69, 9.17) is 22.7 Å². The lowest BCUT2D eigenvalue weighted by Gasteiger charge is -2.09. The van der Waals surface area contributed by atoms with E-state index in [2.05, 4.69) is 35.4 Å². The first-order chi connectivity index (χ1) is 9.01. The SMILES string of the molecule is COc1cc(CC(C)C)cc2c(NC(N)=S)n[nH]c12. The molecule has 6 heteroatoms. The Labute approximate surface area is 117 Å². The van der Waals surface area contributed by atoms with Crippen molar-refractivity contribution in [3.05, 3.63) is 17.7 Å². The Morgan fingerprint density at radius 3 is 2.84 bits per heavy atom. The molecule has 2 rings (SSSR count). The predicted octanol–water partition coefficient (Wildman–Crippen LogP) is 2.43. The van der Waals surface area contributed by atoms with Crippen LogP contribution in [0.3, 0.4) is 0 Å². The molecule has 0 amide bonds. The fourth-order valence-electron chi connectivity index (χ4n) is 2.11. The van der Waals surface area contributed by atoms with E-state index >= 15 is 0 Å². The Hall–Kier alpha value is -1.82. The van der Waals surface area contributed by atoms with E-state index in [9.17, 15) is 0 Å². The normalized spacial score (nSPS) is 10.9. The first-order valence-electron chi connectivity index (χ1n) is 6.12. The summed E-state index contributed by atoms with van der Waals surface area (Å²) in [4.78, 5) is 0. The quantitative estimate of drug-likeness (QED) is 0.749. The van der Waals surface area contributed by atoms with Gasteiger partial charge in [-0.25, -0.2) is 0 Å². The van der Waals surface area contributed by atoms with Gasteiger partial charge in [-0.15, -0.1) is 0 Å². The minimum absolute atomic E-state index is 0.196. The molecule has 0 radical (unpaired) electrons. The van der Waals surface area contributed by atoms with Crippen LogP contribution in [0.1, 0.15) is 19.4 Å². The van der Waals surface area contributed by atoms with E-state index in [1.54, 1.807) is 7.11 Å². The van der Waals surface area contributed by atoms with Gasteiger partial charge in [0.15, 0.2) is 10.9 Å². The molecule has 0 saturated carbocycles. The average molecular weight is 278 g/mol. The minimum Gasteiger partial charge on any atom is -0.494 e. The molecule has 5 nitrogen and oxygen atoms in total. The number of fused-ring (bicyclic) bond motifs is 1. The molecule has 0 saturated heterocycles. The van der Waals surface area contributed by atoms with Crippen LogP contribution in [-0.4, -0.2) is 22.4 Å². The van der Waals surface area contributed by atoms with E-state index < -0.39 is 0 Å². The zero-order chi connectivity index (χ0) is 14.0. The number of nitrogens with one attached hydrogen (secondary N) is 2. The van der Waals surface area contributed by atoms with Gasteiger partial charge >= 0.3 is 0 Å². The van der Waals surface area contributed by atoms with Crippen LogP contribution in [0.5, 0.6) is 5.75 Å². The summed E-state index contributed by atoms with van der Waals surface area (Å²) in [6.45, 7) is 4.36. The highest BCUT2D eigenvalue weighted by atomic mass is 32.1. The summed E-state index contributed by atoms with van der Waals surface area (Å²) >= 11 is 4.85. The molecule has 0 fully saturated rings. The molecule has 102 valence electrons. The molecule has 4 N–H and O–H groups in total. The van der Waals surface area contributed by atoms with E-state index in [1.807, 2.05) is 6.07 Å². The third kappa shape index (κ3) is 2.96. The van der Waals surface area contributed by atoms with Crippen LogP contribution >= 0.6 is 12.2 Å². The topological polar surface area (TPSA) is 76.0 Å². The number of rotatable bonds is 4. The molecule has 1 heterocycles. The van der Waals surface area contributed by atoms with E-state index in [-0.39, 0.29) is 5.11 Å². The number of thiocarbonyl (C=S) groups is 1. The number of hydrogen-bond donors (Lipinski definition) is 3. The van der Waals surface area contributed by atoms with Crippen LogP contribution in [0, 0.1) is 5.92 Å². The lowest BCUT2D eigenvalue weighted by Crippen LogP contribution is -2.19. The van der Waals surface area contributed by atoms with Crippen LogP contribution in [0.15, 0.2) is 12.1 Å². The van der Waals surface area contributed by atoms with Crippen molar-refractivity contribution in [3.8, 4) is 5.75 Å². The van der Waals surface area contributed by atoms with E-state index in [0.717, 1.165) is 23.1 Å². The highest BCUT2D eigenvalue weighted by Crippen LogP contribution is 2.31. The first kappa shape index (κ1) is 13.6. The van der Waals surface area contributed by atoms with E-state index in [1.165, 1.54) is 5.56 Å². The highest BCUT2D eigenvalue weighted by Gasteiger charge is 2.13. The summed E-state index contributed by atoms with van der Waals surface area (Å²) in [6.07, 6.45) is 0.976. The van der Waals surface area contributed by atoms with Gasteiger partial charge in [-0.3, -0.25) is 5.10 Å². The van der Waals surface area contributed by atoms with E-state index in [0.29, 0.717) is 11.7 Å². The number of hydrogen-bond acceptors (Lipinski definition) is 3. The Morgan fingerprint density at radius 2 is 2.26 bits per heavy atom. The summed E-state index contributed by atoms with van der Waals surface area (Å²) in [5, 5.41) is 11.1. The second-order valence-electron chi connectivity index (χ2n) is 4.88. The second-order valence-corrected chi connectivity index (χ2v) is 5.32. The smallest absolute Gasteiger partial charge is 0.169 e. The first-order valence-corrected chi connectivity index (χ1v) is 6.53. The Kier molecular flexibility index (Phi) is 3.90. The maximum atomic E-state index is 5.50. The summed E-state index contributed by atoms with van der Waals surface area (Å²) in [7, 11) is 1.65. The molecule has 1 aromatic heterocycles. The molecule has 0 aliphatic carbocycles. The molecule has 0 atom stereocenters. The van der Waals surface area contributed by atoms with Gasteiger partial charge in [-0.2, -0.15) is 5.10 Å². The standard InChI is InChI=1S/C13H18N4OS/c1-7(2)4-8-5-9-11(10(6-8)18-3)16-17-12(9)15-13(14)19/h5-7H,4H2,1-3H3,(H4,14,15,16,17,19). The van der Waals surface area contributed by atoms with Gasteiger partial charge in [0, 0.05) is 5.39 Å². The van der Waals surface area contributed by atoms with Crippen molar-refractivity contribution in [1.82, 2.24) is 10.2 Å². The Bertz CT molecular complexity index is 606. The van der Waals surface area contributed by atoms with Gasteiger partial charge in [-0.05, 0) is 42.3 Å². The largest absolute Gasteiger partial charge is 0.494 e. The van der Waals surface area contributed by atoms with Crippen molar-refractivity contribution >= 4 is 34.1 Å². The zero-order valence-electron chi connectivity index (χ0n) is 11.3. The molecule has 2 aromatic rings. The fraction of sp³-hybridized carbons (Fsp3) is 0.385. The molecule has 0 aliphatic rings. The van der Waals surface area contributed by atoms with Gasteiger partial charge in [0.1, 0.15) is 11.3 Å². The van der Waals surface area contributed by atoms with Gasteiger partial charge in [0.2, 0.25) is 0 Å². The predicted molar refractivity (Wildman–Crippen MR) is 81.6 cm³/mol. The molecule has 0 unspecified atom stereocenters. The summed E-state index contributed by atoms with van der Waals surface area (Å²) in [5.74, 6) is 1.98. The van der Waals surface area contributed by atoms with Crippen LogP contribution in [0.2, 0.25) is 0 Å². The van der Waals surface area contributed by atoms with Crippen LogP contribution in [0.25, 0.3) is 10.9 Å². The number of benzene rings is 1.